The van der Waals surface area contributed by atoms with Crippen LogP contribution in [0.3, 0.4) is 0 Å². The number of hydrogen-bond donors (Lipinski definition) is 1. The van der Waals surface area contributed by atoms with Crippen LogP contribution in [0.15, 0.2) is 18.2 Å². The van der Waals surface area contributed by atoms with Gasteiger partial charge in [0.05, 0.1) is 19.3 Å². The van der Waals surface area contributed by atoms with Gasteiger partial charge in [-0.05, 0) is 37.5 Å². The Hall–Kier alpha value is -1.97. The number of ether oxygens (including phenoxy) is 4. The van der Waals surface area contributed by atoms with E-state index in [0.29, 0.717) is 32.8 Å². The van der Waals surface area contributed by atoms with Crippen molar-refractivity contribution >= 4 is 5.91 Å². The third-order valence-electron chi connectivity index (χ3n) is 5.23. The Labute approximate surface area is 175 Å². The van der Waals surface area contributed by atoms with Gasteiger partial charge in [0.15, 0.2) is 11.5 Å². The maximum Gasteiger partial charge on any atom is 0.387 e. The molecule has 3 rings (SSSR count). The van der Waals surface area contributed by atoms with Crippen LogP contribution in [0.4, 0.5) is 8.78 Å². The van der Waals surface area contributed by atoms with E-state index in [0.717, 1.165) is 24.9 Å². The Balaban J connectivity index is 1.78. The van der Waals surface area contributed by atoms with Crippen molar-refractivity contribution in [2.75, 3.05) is 40.0 Å². The molecule has 2 aliphatic rings. The molecule has 1 aliphatic heterocycles. The Morgan fingerprint density at radius 2 is 2.10 bits per heavy atom. The van der Waals surface area contributed by atoms with E-state index in [-0.39, 0.29) is 29.5 Å². The molecule has 1 amide bonds. The normalized spacial score (nSPS) is 20.1. The molecule has 9 heteroatoms. The number of halogens is 2. The second-order valence-electron chi connectivity index (χ2n) is 7.50. The minimum atomic E-state index is -2.95. The summed E-state index contributed by atoms with van der Waals surface area (Å²) in [4.78, 5) is 15.0. The van der Waals surface area contributed by atoms with Crippen molar-refractivity contribution in [1.29, 1.82) is 0 Å². The van der Waals surface area contributed by atoms with Gasteiger partial charge in [-0.1, -0.05) is 6.07 Å². The van der Waals surface area contributed by atoms with E-state index in [2.05, 4.69) is 10.1 Å². The maximum absolute atomic E-state index is 13.1. The smallest absolute Gasteiger partial charge is 0.387 e. The Morgan fingerprint density at radius 3 is 2.73 bits per heavy atom. The predicted molar refractivity (Wildman–Crippen MR) is 106 cm³/mol. The van der Waals surface area contributed by atoms with Gasteiger partial charge in [0.2, 0.25) is 0 Å². The number of nitrogens with one attached hydrogen (secondary N) is 1. The molecule has 0 spiro atoms. The zero-order valence-electron chi connectivity index (χ0n) is 17.4. The van der Waals surface area contributed by atoms with Crippen molar-refractivity contribution in [2.45, 2.75) is 51.0 Å². The molecule has 0 aromatic heterocycles. The number of alkyl halides is 2. The SMILES string of the molecule is COCCCOc1cc([C@@H](C)N(C(=O)[C@H]2CNCCO2)C2CC2)ccc1OC(F)F. The molecule has 7 nitrogen and oxygen atoms in total. The molecular formula is C21H30F2N2O5. The lowest BCUT2D eigenvalue weighted by Gasteiger charge is -2.34. The number of nitrogens with zero attached hydrogens (tertiary/aromatic N) is 1. The molecule has 30 heavy (non-hydrogen) atoms. The molecule has 2 atom stereocenters. The Bertz CT molecular complexity index is 696. The monoisotopic (exact) mass is 428 g/mol. The second kappa shape index (κ2) is 10.9. The number of morpholine rings is 1. The number of rotatable bonds is 11. The van der Waals surface area contributed by atoms with E-state index in [1.807, 2.05) is 11.8 Å². The molecule has 1 aromatic carbocycles. The summed E-state index contributed by atoms with van der Waals surface area (Å²) >= 11 is 0. The fraction of sp³-hybridized carbons (Fsp3) is 0.667. The van der Waals surface area contributed by atoms with E-state index in [4.69, 9.17) is 14.2 Å². The lowest BCUT2D eigenvalue weighted by molar-refractivity contribution is -0.148. The highest BCUT2D eigenvalue weighted by Crippen LogP contribution is 2.38. The van der Waals surface area contributed by atoms with Crippen molar-refractivity contribution in [3.8, 4) is 11.5 Å². The summed E-state index contributed by atoms with van der Waals surface area (Å²) in [6.07, 6.45) is 2.00. The van der Waals surface area contributed by atoms with Crippen LogP contribution >= 0.6 is 0 Å². The standard InChI is InChI=1S/C21H30F2N2O5/c1-14(25(16-5-6-16)20(26)19-13-24-8-11-29-19)15-4-7-17(30-21(22)23)18(12-15)28-10-3-9-27-2/h4,7,12,14,16,19,21,24H,3,5-6,8-11,13H2,1-2H3/t14-,19-/m1/s1. The van der Waals surface area contributed by atoms with E-state index in [1.54, 1.807) is 19.2 Å². The molecule has 1 saturated carbocycles. The third-order valence-corrected chi connectivity index (χ3v) is 5.23. The molecule has 1 N–H and O–H groups in total. The van der Waals surface area contributed by atoms with Crippen LogP contribution in [-0.4, -0.2) is 69.6 Å². The molecular weight excluding hydrogens is 398 g/mol. The van der Waals surface area contributed by atoms with Crippen LogP contribution in [0.1, 0.15) is 37.8 Å². The summed E-state index contributed by atoms with van der Waals surface area (Å²) in [6, 6.07) is 4.77. The maximum atomic E-state index is 13.1. The van der Waals surface area contributed by atoms with E-state index < -0.39 is 12.7 Å². The van der Waals surface area contributed by atoms with Gasteiger partial charge in [-0.25, -0.2) is 0 Å². The summed E-state index contributed by atoms with van der Waals surface area (Å²) in [5.41, 5.74) is 0.794. The Kier molecular flexibility index (Phi) is 8.24. The van der Waals surface area contributed by atoms with Crippen LogP contribution in [0, 0.1) is 0 Å². The molecule has 1 aliphatic carbocycles. The first kappa shape index (κ1) is 22.7. The zero-order valence-corrected chi connectivity index (χ0v) is 17.4. The molecule has 0 bridgehead atoms. The topological polar surface area (TPSA) is 69.3 Å². The van der Waals surface area contributed by atoms with Crippen molar-refractivity contribution in [2.24, 2.45) is 0 Å². The van der Waals surface area contributed by atoms with Crippen LogP contribution in [0.2, 0.25) is 0 Å². The summed E-state index contributed by atoms with van der Waals surface area (Å²) in [6.45, 7) is 1.52. The summed E-state index contributed by atoms with van der Waals surface area (Å²) in [5, 5.41) is 3.19. The van der Waals surface area contributed by atoms with E-state index in [9.17, 15) is 13.6 Å². The quantitative estimate of drug-likeness (QED) is 0.547. The molecule has 0 unspecified atom stereocenters. The van der Waals surface area contributed by atoms with Gasteiger partial charge >= 0.3 is 6.61 Å². The van der Waals surface area contributed by atoms with Gasteiger partial charge in [-0.3, -0.25) is 4.79 Å². The van der Waals surface area contributed by atoms with Crippen LogP contribution in [0.25, 0.3) is 0 Å². The minimum absolute atomic E-state index is 0.0255. The van der Waals surface area contributed by atoms with Crippen LogP contribution in [-0.2, 0) is 14.3 Å². The molecule has 1 saturated heterocycles. The minimum Gasteiger partial charge on any atom is -0.490 e. The van der Waals surface area contributed by atoms with Gasteiger partial charge in [0.25, 0.3) is 5.91 Å². The zero-order chi connectivity index (χ0) is 21.5. The number of methoxy groups -OCH3 is 1. The van der Waals surface area contributed by atoms with Crippen LogP contribution in [0.5, 0.6) is 11.5 Å². The average Bonchev–Trinajstić information content (AvgIpc) is 3.57. The predicted octanol–water partition coefficient (Wildman–Crippen LogP) is 2.74. The van der Waals surface area contributed by atoms with Crippen molar-refractivity contribution in [1.82, 2.24) is 10.2 Å². The Morgan fingerprint density at radius 1 is 1.30 bits per heavy atom. The molecule has 0 radical (unpaired) electrons. The number of benzene rings is 1. The first-order chi connectivity index (χ1) is 14.5. The molecule has 1 heterocycles. The number of carbonyl (C=O) groups is 1. The number of hydrogen-bond acceptors (Lipinski definition) is 6. The highest BCUT2D eigenvalue weighted by Gasteiger charge is 2.40. The number of amides is 1. The van der Waals surface area contributed by atoms with Gasteiger partial charge in [-0.2, -0.15) is 8.78 Å². The highest BCUT2D eigenvalue weighted by atomic mass is 19.3. The summed E-state index contributed by atoms with van der Waals surface area (Å²) in [5.74, 6) is 0.157. The third kappa shape index (κ3) is 6.02. The summed E-state index contributed by atoms with van der Waals surface area (Å²) in [7, 11) is 1.59. The molecule has 168 valence electrons. The largest absolute Gasteiger partial charge is 0.490 e. The lowest BCUT2D eigenvalue weighted by Crippen LogP contribution is -2.50. The summed E-state index contributed by atoms with van der Waals surface area (Å²) < 4.78 is 46.5. The van der Waals surface area contributed by atoms with Gasteiger partial charge in [0, 0.05) is 39.3 Å². The fourth-order valence-corrected chi connectivity index (χ4v) is 3.57. The average molecular weight is 428 g/mol. The van der Waals surface area contributed by atoms with Gasteiger partial charge in [-0.15, -0.1) is 0 Å². The first-order valence-corrected chi connectivity index (χ1v) is 10.4. The van der Waals surface area contributed by atoms with Gasteiger partial charge < -0.3 is 29.2 Å². The fourth-order valence-electron chi connectivity index (χ4n) is 3.57. The van der Waals surface area contributed by atoms with E-state index >= 15 is 0 Å². The van der Waals surface area contributed by atoms with Gasteiger partial charge in [0.1, 0.15) is 6.10 Å². The van der Waals surface area contributed by atoms with Crippen molar-refractivity contribution in [3.05, 3.63) is 23.8 Å². The van der Waals surface area contributed by atoms with Crippen LogP contribution < -0.4 is 14.8 Å². The molecule has 1 aromatic rings. The van der Waals surface area contributed by atoms with Crippen molar-refractivity contribution < 1.29 is 32.5 Å². The second-order valence-corrected chi connectivity index (χ2v) is 7.50. The first-order valence-electron chi connectivity index (χ1n) is 10.4. The van der Waals surface area contributed by atoms with Crippen molar-refractivity contribution in [3.63, 3.8) is 0 Å². The van der Waals surface area contributed by atoms with E-state index in [1.165, 1.54) is 6.07 Å². The highest BCUT2D eigenvalue weighted by molar-refractivity contribution is 5.82. The molecule has 2 fully saturated rings. The number of carbonyl (C=O) groups excluding carboxylic acids is 1. The lowest BCUT2D eigenvalue weighted by atomic mass is 10.0.